The standard InChI is InChI=1S/C14H16N2O5/c1-8(17)21-12-6-10(15)14(20)16(7-13(18)19)11-5-3-2-4-9(11)12/h2-5,10,12H,6-7,15H2,1H3,(H,18,19)/t10-,12+/m0/s1. The molecule has 2 rings (SSSR count). The number of aliphatic carboxylic acids is 1. The number of benzene rings is 1. The van der Waals surface area contributed by atoms with Gasteiger partial charge < -0.3 is 15.6 Å². The third-order valence-corrected chi connectivity index (χ3v) is 3.23. The number of nitrogens with zero attached hydrogens (tertiary/aromatic N) is 1. The summed E-state index contributed by atoms with van der Waals surface area (Å²) in [5.74, 6) is -2.13. The average molecular weight is 292 g/mol. The second-order valence-corrected chi connectivity index (χ2v) is 4.82. The van der Waals surface area contributed by atoms with Crippen molar-refractivity contribution >= 4 is 23.5 Å². The minimum atomic E-state index is -1.14. The van der Waals surface area contributed by atoms with E-state index in [-0.39, 0.29) is 6.42 Å². The van der Waals surface area contributed by atoms with Crippen LogP contribution in [0.4, 0.5) is 5.69 Å². The molecular weight excluding hydrogens is 276 g/mol. The summed E-state index contributed by atoms with van der Waals surface area (Å²) in [4.78, 5) is 35.6. The van der Waals surface area contributed by atoms with Crippen LogP contribution in [0.15, 0.2) is 24.3 Å². The van der Waals surface area contributed by atoms with Crippen molar-refractivity contribution in [2.45, 2.75) is 25.5 Å². The predicted molar refractivity (Wildman–Crippen MR) is 73.5 cm³/mol. The van der Waals surface area contributed by atoms with Crippen LogP contribution in [0.1, 0.15) is 25.0 Å². The molecule has 0 fully saturated rings. The number of anilines is 1. The van der Waals surface area contributed by atoms with Crippen molar-refractivity contribution in [3.05, 3.63) is 29.8 Å². The maximum atomic E-state index is 12.3. The average Bonchev–Trinajstić information content (AvgIpc) is 2.50. The summed E-state index contributed by atoms with van der Waals surface area (Å²) >= 11 is 0. The number of fused-ring (bicyclic) bond motifs is 1. The fourth-order valence-corrected chi connectivity index (χ4v) is 2.39. The summed E-state index contributed by atoms with van der Waals surface area (Å²) in [5, 5.41) is 8.98. The van der Waals surface area contributed by atoms with Crippen molar-refractivity contribution in [3.8, 4) is 0 Å². The Morgan fingerprint density at radius 3 is 2.71 bits per heavy atom. The second kappa shape index (κ2) is 5.92. The fourth-order valence-electron chi connectivity index (χ4n) is 2.39. The van der Waals surface area contributed by atoms with E-state index in [1.165, 1.54) is 6.92 Å². The summed E-state index contributed by atoms with van der Waals surface area (Å²) in [5.41, 5.74) is 6.80. The van der Waals surface area contributed by atoms with Crippen molar-refractivity contribution in [2.75, 3.05) is 11.4 Å². The molecule has 0 spiro atoms. The molecule has 2 atom stereocenters. The summed E-state index contributed by atoms with van der Waals surface area (Å²) in [6.45, 7) is 0.784. The van der Waals surface area contributed by atoms with E-state index in [0.717, 1.165) is 4.90 Å². The van der Waals surface area contributed by atoms with Gasteiger partial charge in [-0.1, -0.05) is 18.2 Å². The van der Waals surface area contributed by atoms with Gasteiger partial charge in [0, 0.05) is 18.9 Å². The molecule has 1 aromatic carbocycles. The molecular formula is C14H16N2O5. The van der Waals surface area contributed by atoms with Crippen LogP contribution in [0.3, 0.4) is 0 Å². The van der Waals surface area contributed by atoms with E-state index in [4.69, 9.17) is 15.6 Å². The van der Waals surface area contributed by atoms with E-state index in [9.17, 15) is 14.4 Å². The first-order valence-corrected chi connectivity index (χ1v) is 6.45. The zero-order valence-electron chi connectivity index (χ0n) is 11.5. The lowest BCUT2D eigenvalue weighted by atomic mass is 10.0. The number of carboxylic acids is 1. The van der Waals surface area contributed by atoms with E-state index in [1.807, 2.05) is 0 Å². The summed E-state index contributed by atoms with van der Waals surface area (Å²) in [6.07, 6.45) is -0.553. The SMILES string of the molecule is CC(=O)O[C@@H]1C[C@H](N)C(=O)N(CC(=O)O)c2ccccc21. The zero-order chi connectivity index (χ0) is 15.6. The number of carbonyl (C=O) groups excluding carboxylic acids is 2. The lowest BCUT2D eigenvalue weighted by molar-refractivity contribution is -0.147. The van der Waals surface area contributed by atoms with Crippen LogP contribution in [0.2, 0.25) is 0 Å². The van der Waals surface area contributed by atoms with Crippen LogP contribution < -0.4 is 10.6 Å². The molecule has 21 heavy (non-hydrogen) atoms. The van der Waals surface area contributed by atoms with Crippen LogP contribution in [-0.4, -0.2) is 35.5 Å². The van der Waals surface area contributed by atoms with Crippen LogP contribution in [0.5, 0.6) is 0 Å². The van der Waals surface area contributed by atoms with Gasteiger partial charge in [0.1, 0.15) is 12.6 Å². The Morgan fingerprint density at radius 1 is 1.43 bits per heavy atom. The molecule has 1 aromatic rings. The number of ether oxygens (including phenoxy) is 1. The van der Waals surface area contributed by atoms with Gasteiger partial charge in [0.05, 0.1) is 11.7 Å². The largest absolute Gasteiger partial charge is 0.480 e. The zero-order valence-corrected chi connectivity index (χ0v) is 11.5. The molecule has 0 saturated heterocycles. The molecule has 1 heterocycles. The first-order valence-electron chi connectivity index (χ1n) is 6.45. The lowest BCUT2D eigenvalue weighted by Gasteiger charge is -2.22. The van der Waals surface area contributed by atoms with Crippen molar-refractivity contribution < 1.29 is 24.2 Å². The quantitative estimate of drug-likeness (QED) is 0.782. The van der Waals surface area contributed by atoms with Gasteiger partial charge in [-0.05, 0) is 6.07 Å². The molecule has 112 valence electrons. The number of hydrogen-bond acceptors (Lipinski definition) is 5. The maximum absolute atomic E-state index is 12.3. The van der Waals surface area contributed by atoms with Crippen LogP contribution in [-0.2, 0) is 19.1 Å². The highest BCUT2D eigenvalue weighted by Gasteiger charge is 2.35. The number of carbonyl (C=O) groups is 3. The van der Waals surface area contributed by atoms with Gasteiger partial charge in [-0.25, -0.2) is 0 Å². The van der Waals surface area contributed by atoms with Crippen molar-refractivity contribution in [1.29, 1.82) is 0 Å². The number of nitrogens with two attached hydrogens (primary N) is 1. The summed E-state index contributed by atoms with van der Waals surface area (Å²) in [6, 6.07) is 5.80. The van der Waals surface area contributed by atoms with E-state index >= 15 is 0 Å². The highest BCUT2D eigenvalue weighted by atomic mass is 16.5. The number of para-hydroxylation sites is 1. The Bertz CT molecular complexity index is 586. The van der Waals surface area contributed by atoms with Crippen LogP contribution >= 0.6 is 0 Å². The van der Waals surface area contributed by atoms with Crippen molar-refractivity contribution in [2.24, 2.45) is 5.73 Å². The normalized spacial score (nSPS) is 21.4. The van der Waals surface area contributed by atoms with E-state index in [1.54, 1.807) is 24.3 Å². The topological polar surface area (TPSA) is 110 Å². The van der Waals surface area contributed by atoms with Crippen LogP contribution in [0, 0.1) is 0 Å². The van der Waals surface area contributed by atoms with Gasteiger partial charge in [0.15, 0.2) is 0 Å². The third kappa shape index (κ3) is 3.19. The molecule has 3 N–H and O–H groups in total. The smallest absolute Gasteiger partial charge is 0.323 e. The Balaban J connectivity index is 2.49. The highest BCUT2D eigenvalue weighted by Crippen LogP contribution is 2.35. The first-order chi connectivity index (χ1) is 9.90. The summed E-state index contributed by atoms with van der Waals surface area (Å²) in [7, 11) is 0. The number of amides is 1. The minimum Gasteiger partial charge on any atom is -0.480 e. The molecule has 0 radical (unpaired) electrons. The number of hydrogen-bond donors (Lipinski definition) is 2. The first kappa shape index (κ1) is 15.0. The predicted octanol–water partition coefficient (Wildman–Crippen LogP) is 0.439. The molecule has 0 saturated carbocycles. The third-order valence-electron chi connectivity index (χ3n) is 3.23. The van der Waals surface area contributed by atoms with E-state index in [0.29, 0.717) is 11.3 Å². The Morgan fingerprint density at radius 2 is 2.10 bits per heavy atom. The number of esters is 1. The lowest BCUT2D eigenvalue weighted by Crippen LogP contribution is -2.45. The minimum absolute atomic E-state index is 0.117. The molecule has 0 unspecified atom stereocenters. The molecule has 1 aliphatic rings. The van der Waals surface area contributed by atoms with E-state index in [2.05, 4.69) is 0 Å². The molecule has 0 bridgehead atoms. The summed E-state index contributed by atoms with van der Waals surface area (Å²) < 4.78 is 5.22. The number of rotatable bonds is 3. The Hall–Kier alpha value is -2.41. The molecule has 1 aliphatic heterocycles. The van der Waals surface area contributed by atoms with Crippen LogP contribution in [0.25, 0.3) is 0 Å². The van der Waals surface area contributed by atoms with Crippen molar-refractivity contribution in [1.82, 2.24) is 0 Å². The second-order valence-electron chi connectivity index (χ2n) is 4.82. The van der Waals surface area contributed by atoms with Gasteiger partial charge in [0.25, 0.3) is 0 Å². The number of carboxylic acid groups (broad SMARTS) is 1. The van der Waals surface area contributed by atoms with Gasteiger partial charge in [-0.3, -0.25) is 19.3 Å². The Labute approximate surface area is 121 Å². The van der Waals surface area contributed by atoms with Crippen molar-refractivity contribution in [3.63, 3.8) is 0 Å². The van der Waals surface area contributed by atoms with E-state index < -0.39 is 36.5 Å². The Kier molecular flexibility index (Phi) is 4.23. The van der Waals surface area contributed by atoms with Gasteiger partial charge in [0.2, 0.25) is 5.91 Å². The monoisotopic (exact) mass is 292 g/mol. The van der Waals surface area contributed by atoms with Gasteiger partial charge in [-0.2, -0.15) is 0 Å². The maximum Gasteiger partial charge on any atom is 0.323 e. The molecule has 0 aromatic heterocycles. The fraction of sp³-hybridized carbons (Fsp3) is 0.357. The molecule has 7 heteroatoms. The highest BCUT2D eigenvalue weighted by molar-refractivity contribution is 6.01. The molecule has 0 aliphatic carbocycles. The van der Waals surface area contributed by atoms with Gasteiger partial charge in [-0.15, -0.1) is 0 Å². The molecule has 7 nitrogen and oxygen atoms in total. The molecule has 1 amide bonds. The van der Waals surface area contributed by atoms with Gasteiger partial charge >= 0.3 is 11.9 Å².